The van der Waals surface area contributed by atoms with E-state index in [0.29, 0.717) is 5.92 Å². The van der Waals surface area contributed by atoms with Crippen LogP contribution in [0.25, 0.3) is 0 Å². The standard InChI is InChI=1S/C26H36O6/c1-14(2)16-13-26-9-6-17-24(3,7-5-8-25(17,4)23(30)31-11-10-27)18(26)12-15(16)19-20(26)22(29)32-21(19)28/h13-15,17-20,27H,5-12H2,1-4H3. The van der Waals surface area contributed by atoms with Gasteiger partial charge in [0.2, 0.25) is 0 Å². The van der Waals surface area contributed by atoms with Crippen LogP contribution >= 0.6 is 0 Å². The number of hydrogen-bond acceptors (Lipinski definition) is 6. The third-order valence-corrected chi connectivity index (χ3v) is 10.2. The van der Waals surface area contributed by atoms with Gasteiger partial charge in [0.05, 0.1) is 23.9 Å². The molecule has 1 heterocycles. The summed E-state index contributed by atoms with van der Waals surface area (Å²) in [6.45, 7) is 8.58. The molecule has 32 heavy (non-hydrogen) atoms. The highest BCUT2D eigenvalue weighted by atomic mass is 16.6. The fraction of sp³-hybridized carbons (Fsp3) is 0.808. The molecule has 8 unspecified atom stereocenters. The molecule has 1 saturated heterocycles. The SMILES string of the molecule is CC(C)C1=CC23CCC4C(C)(C(=O)OCCO)CCCC4(C)C2CC1C1C(=O)OC(=O)C13. The molecule has 6 nitrogen and oxygen atoms in total. The molecule has 6 heteroatoms. The summed E-state index contributed by atoms with van der Waals surface area (Å²) in [4.78, 5) is 38.9. The van der Waals surface area contributed by atoms with Crippen LogP contribution in [-0.4, -0.2) is 36.2 Å². The van der Waals surface area contributed by atoms with Gasteiger partial charge in [-0.3, -0.25) is 14.4 Å². The van der Waals surface area contributed by atoms with E-state index in [1.54, 1.807) is 0 Å². The van der Waals surface area contributed by atoms with Crippen LogP contribution in [0, 0.1) is 51.8 Å². The number of ether oxygens (including phenoxy) is 2. The molecule has 8 atom stereocenters. The molecule has 0 aromatic rings. The number of carbonyl (C=O) groups excluding carboxylic acids is 3. The van der Waals surface area contributed by atoms with E-state index < -0.39 is 5.41 Å². The Hall–Kier alpha value is -1.69. The van der Waals surface area contributed by atoms with Crippen molar-refractivity contribution in [1.82, 2.24) is 0 Å². The van der Waals surface area contributed by atoms with Crippen LogP contribution in [0.5, 0.6) is 0 Å². The minimum atomic E-state index is -0.587. The predicted octanol–water partition coefficient (Wildman–Crippen LogP) is 3.66. The summed E-state index contributed by atoms with van der Waals surface area (Å²) < 4.78 is 10.7. The summed E-state index contributed by atoms with van der Waals surface area (Å²) in [5.41, 5.74) is 0.256. The number of esters is 3. The molecule has 0 amide bonds. The Morgan fingerprint density at radius 3 is 2.62 bits per heavy atom. The first-order chi connectivity index (χ1) is 15.1. The van der Waals surface area contributed by atoms with E-state index in [-0.39, 0.29) is 71.5 Å². The Kier molecular flexibility index (Phi) is 4.94. The number of hydrogen-bond donors (Lipinski definition) is 1. The van der Waals surface area contributed by atoms with E-state index in [2.05, 4.69) is 26.8 Å². The van der Waals surface area contributed by atoms with Crippen LogP contribution in [-0.2, 0) is 23.9 Å². The topological polar surface area (TPSA) is 89.9 Å². The number of aliphatic hydroxyl groups excluding tert-OH is 1. The molecule has 0 radical (unpaired) electrons. The highest BCUT2D eigenvalue weighted by Gasteiger charge is 2.73. The number of fused-ring (bicyclic) bond motifs is 1. The van der Waals surface area contributed by atoms with Crippen molar-refractivity contribution in [1.29, 1.82) is 0 Å². The lowest BCUT2D eigenvalue weighted by Gasteiger charge is -2.68. The minimum absolute atomic E-state index is 0.0332. The molecule has 3 saturated carbocycles. The molecule has 5 aliphatic carbocycles. The summed E-state index contributed by atoms with van der Waals surface area (Å²) in [7, 11) is 0. The number of rotatable bonds is 4. The Morgan fingerprint density at radius 1 is 1.19 bits per heavy atom. The maximum absolute atomic E-state index is 13.1. The summed E-state index contributed by atoms with van der Waals surface area (Å²) >= 11 is 0. The predicted molar refractivity (Wildman–Crippen MR) is 116 cm³/mol. The van der Waals surface area contributed by atoms with Crippen LogP contribution in [0.4, 0.5) is 0 Å². The highest BCUT2D eigenvalue weighted by Crippen LogP contribution is 2.74. The number of cyclic esters (lactones) is 2. The van der Waals surface area contributed by atoms with Gasteiger partial charge in [0.25, 0.3) is 0 Å². The van der Waals surface area contributed by atoms with Crippen molar-refractivity contribution in [3.63, 3.8) is 0 Å². The van der Waals surface area contributed by atoms with Gasteiger partial charge < -0.3 is 14.6 Å². The molecule has 1 aliphatic heterocycles. The zero-order chi connectivity index (χ0) is 23.1. The van der Waals surface area contributed by atoms with E-state index in [1.165, 1.54) is 5.57 Å². The van der Waals surface area contributed by atoms with Gasteiger partial charge in [0.1, 0.15) is 6.61 Å². The van der Waals surface area contributed by atoms with Crippen molar-refractivity contribution in [2.24, 2.45) is 51.8 Å². The van der Waals surface area contributed by atoms with Crippen LogP contribution < -0.4 is 0 Å². The summed E-state index contributed by atoms with van der Waals surface area (Å²) in [6.07, 6.45) is 7.65. The van der Waals surface area contributed by atoms with Crippen LogP contribution in [0.15, 0.2) is 11.6 Å². The fourth-order valence-electron chi connectivity index (χ4n) is 9.05. The second-order valence-electron chi connectivity index (χ2n) is 11.8. The Morgan fingerprint density at radius 2 is 1.94 bits per heavy atom. The first-order valence-electron chi connectivity index (χ1n) is 12.4. The second-order valence-corrected chi connectivity index (χ2v) is 11.8. The third-order valence-electron chi connectivity index (χ3n) is 10.2. The average Bonchev–Trinajstić information content (AvgIpc) is 3.07. The van der Waals surface area contributed by atoms with Gasteiger partial charge in [-0.1, -0.05) is 38.8 Å². The number of carbonyl (C=O) groups is 3. The summed E-state index contributed by atoms with van der Waals surface area (Å²) in [6, 6.07) is 0. The zero-order valence-electron chi connectivity index (χ0n) is 19.7. The minimum Gasteiger partial charge on any atom is -0.463 e. The average molecular weight is 445 g/mol. The maximum atomic E-state index is 13.1. The van der Waals surface area contributed by atoms with Crippen molar-refractivity contribution in [3.8, 4) is 0 Å². The molecule has 0 aromatic heterocycles. The van der Waals surface area contributed by atoms with E-state index in [9.17, 15) is 14.4 Å². The van der Waals surface area contributed by atoms with Crippen molar-refractivity contribution < 1.29 is 29.0 Å². The lowest BCUT2D eigenvalue weighted by Crippen LogP contribution is -2.65. The van der Waals surface area contributed by atoms with Crippen molar-refractivity contribution >= 4 is 17.9 Å². The first-order valence-corrected chi connectivity index (χ1v) is 12.4. The van der Waals surface area contributed by atoms with Crippen LogP contribution in [0.2, 0.25) is 0 Å². The van der Waals surface area contributed by atoms with Crippen LogP contribution in [0.3, 0.4) is 0 Å². The molecule has 6 aliphatic rings. The number of aliphatic hydroxyl groups is 1. The second kappa shape index (κ2) is 7.15. The Labute approximate surface area is 190 Å². The molecule has 176 valence electrons. The lowest BCUT2D eigenvalue weighted by atomic mass is 9.34. The fourth-order valence-corrected chi connectivity index (χ4v) is 9.05. The van der Waals surface area contributed by atoms with Gasteiger partial charge in [-0.05, 0) is 68.1 Å². The lowest BCUT2D eigenvalue weighted by molar-refractivity contribution is -0.198. The monoisotopic (exact) mass is 444 g/mol. The smallest absolute Gasteiger partial charge is 0.318 e. The van der Waals surface area contributed by atoms with Crippen LogP contribution in [0.1, 0.15) is 66.2 Å². The first kappa shape index (κ1) is 22.1. The van der Waals surface area contributed by atoms with Gasteiger partial charge in [0.15, 0.2) is 0 Å². The van der Waals surface area contributed by atoms with E-state index in [1.807, 2.05) is 6.92 Å². The van der Waals surface area contributed by atoms with Gasteiger partial charge >= 0.3 is 17.9 Å². The van der Waals surface area contributed by atoms with E-state index in [4.69, 9.17) is 14.6 Å². The molecule has 1 spiro atoms. The van der Waals surface area contributed by atoms with Gasteiger partial charge in [-0.25, -0.2) is 0 Å². The van der Waals surface area contributed by atoms with Gasteiger partial charge in [-0.2, -0.15) is 0 Å². The number of allylic oxidation sites excluding steroid dienone is 2. The Balaban J connectivity index is 1.58. The van der Waals surface area contributed by atoms with E-state index >= 15 is 0 Å². The molecular weight excluding hydrogens is 408 g/mol. The van der Waals surface area contributed by atoms with Gasteiger partial charge in [0, 0.05) is 5.41 Å². The zero-order valence-corrected chi connectivity index (χ0v) is 19.7. The van der Waals surface area contributed by atoms with E-state index in [0.717, 1.165) is 38.5 Å². The summed E-state index contributed by atoms with van der Waals surface area (Å²) in [5, 5.41) is 9.15. The Bertz CT molecular complexity index is 891. The molecule has 4 fully saturated rings. The summed E-state index contributed by atoms with van der Waals surface area (Å²) in [5.74, 6) is -0.808. The van der Waals surface area contributed by atoms with Gasteiger partial charge in [-0.15, -0.1) is 0 Å². The largest absolute Gasteiger partial charge is 0.463 e. The van der Waals surface area contributed by atoms with Crippen molar-refractivity contribution in [2.75, 3.05) is 13.2 Å². The van der Waals surface area contributed by atoms with Crippen molar-refractivity contribution in [3.05, 3.63) is 11.6 Å². The molecule has 1 N–H and O–H groups in total. The molecule has 6 rings (SSSR count). The quantitative estimate of drug-likeness (QED) is 0.404. The molecular formula is C26H36O6. The molecule has 2 bridgehead atoms. The third kappa shape index (κ3) is 2.65. The maximum Gasteiger partial charge on any atom is 0.318 e. The molecule has 0 aromatic carbocycles. The highest BCUT2D eigenvalue weighted by molar-refractivity contribution is 5.98. The normalized spacial score (nSPS) is 46.8. The van der Waals surface area contributed by atoms with Crippen molar-refractivity contribution in [2.45, 2.75) is 66.2 Å².